The molecule has 1 heterocycles. The largest absolute Gasteiger partial charge is 0.480 e. The van der Waals surface area contributed by atoms with Gasteiger partial charge in [-0.25, -0.2) is 9.78 Å². The fourth-order valence-corrected chi connectivity index (χ4v) is 4.31. The molecule has 33 heavy (non-hydrogen) atoms. The molecule has 4 rings (SSSR count). The van der Waals surface area contributed by atoms with Crippen LogP contribution < -0.4 is 0 Å². The van der Waals surface area contributed by atoms with Crippen molar-refractivity contribution in [3.05, 3.63) is 126 Å². The van der Waals surface area contributed by atoms with Gasteiger partial charge in [0.2, 0.25) is 6.41 Å². The number of rotatable bonds is 9. The van der Waals surface area contributed by atoms with Crippen LogP contribution in [0.1, 0.15) is 22.4 Å². The van der Waals surface area contributed by atoms with Gasteiger partial charge >= 0.3 is 5.97 Å². The average molecular weight is 440 g/mol. The van der Waals surface area contributed by atoms with E-state index in [9.17, 15) is 14.7 Å². The summed E-state index contributed by atoms with van der Waals surface area (Å²) < 4.78 is 2.03. The third-order valence-electron chi connectivity index (χ3n) is 5.94. The number of carboxylic acids is 1. The Balaban J connectivity index is 1.92. The van der Waals surface area contributed by atoms with E-state index in [1.165, 1.54) is 7.05 Å². The molecule has 0 aliphatic carbocycles. The van der Waals surface area contributed by atoms with Crippen molar-refractivity contribution < 1.29 is 14.7 Å². The number of likely N-dealkylation sites (N-methyl/N-ethyl adjacent to an activating group) is 1. The molecule has 6 heteroatoms. The number of benzene rings is 3. The number of hydrogen-bond acceptors (Lipinski definition) is 3. The average Bonchev–Trinajstić information content (AvgIpc) is 3.33. The molecule has 0 saturated heterocycles. The Morgan fingerprint density at radius 2 is 1.39 bits per heavy atom. The van der Waals surface area contributed by atoms with Crippen molar-refractivity contribution in [1.29, 1.82) is 0 Å². The number of carboxylic acid groups (broad SMARTS) is 1. The first-order chi connectivity index (χ1) is 16.1. The normalized spacial score (nSPS) is 12.2. The Hall–Kier alpha value is -4.19. The van der Waals surface area contributed by atoms with Crippen LogP contribution in [-0.2, 0) is 21.5 Å². The van der Waals surface area contributed by atoms with Crippen molar-refractivity contribution in [2.75, 3.05) is 7.05 Å². The molecular formula is C27H25N3O3. The molecule has 166 valence electrons. The molecule has 1 unspecified atom stereocenters. The molecule has 1 atom stereocenters. The molecule has 0 bridgehead atoms. The zero-order valence-corrected chi connectivity index (χ0v) is 18.3. The molecular weight excluding hydrogens is 414 g/mol. The second kappa shape index (κ2) is 9.53. The first-order valence-corrected chi connectivity index (χ1v) is 10.7. The molecule has 1 aromatic heterocycles. The summed E-state index contributed by atoms with van der Waals surface area (Å²) >= 11 is 0. The number of carbonyl (C=O) groups is 2. The van der Waals surface area contributed by atoms with Gasteiger partial charge in [0.15, 0.2) is 0 Å². The van der Waals surface area contributed by atoms with Crippen LogP contribution in [0.5, 0.6) is 0 Å². The van der Waals surface area contributed by atoms with Crippen molar-refractivity contribution in [2.45, 2.75) is 18.0 Å². The zero-order valence-electron chi connectivity index (χ0n) is 18.3. The maximum absolute atomic E-state index is 11.7. The lowest BCUT2D eigenvalue weighted by Crippen LogP contribution is -2.39. The minimum Gasteiger partial charge on any atom is -0.480 e. The SMILES string of the molecule is CN(C=O)C(Cc1cn(C(c2ccccc2)(c2ccccc2)c2ccccc2)cn1)C(=O)O. The summed E-state index contributed by atoms with van der Waals surface area (Å²) in [5, 5.41) is 9.60. The van der Waals surface area contributed by atoms with Crippen LogP contribution in [-0.4, -0.2) is 45.0 Å². The summed E-state index contributed by atoms with van der Waals surface area (Å²) in [4.78, 5) is 28.6. The Kier molecular flexibility index (Phi) is 6.36. The number of hydrogen-bond donors (Lipinski definition) is 1. The van der Waals surface area contributed by atoms with E-state index in [4.69, 9.17) is 0 Å². The van der Waals surface area contributed by atoms with Crippen LogP contribution in [0.25, 0.3) is 0 Å². The molecule has 1 amide bonds. The molecule has 4 aromatic rings. The summed E-state index contributed by atoms with van der Waals surface area (Å²) in [5.74, 6) is -1.07. The highest BCUT2D eigenvalue weighted by Gasteiger charge is 2.38. The molecule has 0 fully saturated rings. The van der Waals surface area contributed by atoms with Crippen LogP contribution in [0.4, 0.5) is 0 Å². The van der Waals surface area contributed by atoms with Gasteiger partial charge in [0.05, 0.1) is 12.0 Å². The van der Waals surface area contributed by atoms with E-state index in [-0.39, 0.29) is 6.42 Å². The molecule has 0 aliphatic heterocycles. The zero-order chi connectivity index (χ0) is 23.3. The topological polar surface area (TPSA) is 75.4 Å². The number of aromatic nitrogens is 2. The molecule has 3 aromatic carbocycles. The van der Waals surface area contributed by atoms with Gasteiger partial charge in [-0.1, -0.05) is 91.0 Å². The minimum absolute atomic E-state index is 0.103. The smallest absolute Gasteiger partial charge is 0.326 e. The van der Waals surface area contributed by atoms with Crippen LogP contribution in [0.3, 0.4) is 0 Å². The summed E-state index contributed by atoms with van der Waals surface area (Å²) in [7, 11) is 1.46. The highest BCUT2D eigenvalue weighted by Crippen LogP contribution is 2.40. The fraction of sp³-hybridized carbons (Fsp3) is 0.148. The number of carbonyl (C=O) groups excluding carboxylic acids is 1. The second-order valence-corrected chi connectivity index (χ2v) is 7.91. The van der Waals surface area contributed by atoms with E-state index in [0.29, 0.717) is 12.1 Å². The maximum atomic E-state index is 11.7. The Morgan fingerprint density at radius 1 is 0.939 bits per heavy atom. The highest BCUT2D eigenvalue weighted by molar-refractivity contribution is 5.76. The molecule has 0 spiro atoms. The van der Waals surface area contributed by atoms with Crippen molar-refractivity contribution in [1.82, 2.24) is 14.5 Å². The lowest BCUT2D eigenvalue weighted by molar-refractivity contribution is -0.145. The third kappa shape index (κ3) is 4.15. The van der Waals surface area contributed by atoms with E-state index in [2.05, 4.69) is 41.4 Å². The lowest BCUT2D eigenvalue weighted by atomic mass is 9.77. The summed E-state index contributed by atoms with van der Waals surface area (Å²) in [5.41, 5.74) is 3.01. The van der Waals surface area contributed by atoms with Gasteiger partial charge in [0.1, 0.15) is 11.6 Å². The predicted octanol–water partition coefficient (Wildman–Crippen LogP) is 3.81. The first kappa shape index (κ1) is 22.0. The van der Waals surface area contributed by atoms with Gasteiger partial charge in [0.25, 0.3) is 0 Å². The molecule has 0 aliphatic rings. The summed E-state index contributed by atoms with van der Waals surface area (Å²) in [6, 6.07) is 29.5. The van der Waals surface area contributed by atoms with E-state index in [1.54, 1.807) is 6.33 Å². The fourth-order valence-electron chi connectivity index (χ4n) is 4.31. The van der Waals surface area contributed by atoms with Gasteiger partial charge < -0.3 is 14.6 Å². The quantitative estimate of drug-likeness (QED) is 0.318. The monoisotopic (exact) mass is 439 g/mol. The van der Waals surface area contributed by atoms with Gasteiger partial charge in [-0.3, -0.25) is 4.79 Å². The maximum Gasteiger partial charge on any atom is 0.326 e. The molecule has 1 N–H and O–H groups in total. The number of imidazole rings is 1. The Bertz CT molecular complexity index is 1110. The van der Waals surface area contributed by atoms with E-state index < -0.39 is 17.6 Å². The van der Waals surface area contributed by atoms with E-state index >= 15 is 0 Å². The Morgan fingerprint density at radius 3 is 1.79 bits per heavy atom. The minimum atomic E-state index is -1.07. The van der Waals surface area contributed by atoms with Gasteiger partial charge in [0, 0.05) is 19.7 Å². The van der Waals surface area contributed by atoms with Crippen molar-refractivity contribution >= 4 is 12.4 Å². The lowest BCUT2D eigenvalue weighted by Gasteiger charge is -2.37. The molecule has 6 nitrogen and oxygen atoms in total. The highest BCUT2D eigenvalue weighted by atomic mass is 16.4. The van der Waals surface area contributed by atoms with Crippen molar-refractivity contribution in [3.8, 4) is 0 Å². The second-order valence-electron chi connectivity index (χ2n) is 7.91. The number of amides is 1. The summed E-state index contributed by atoms with van der Waals surface area (Å²) in [6.45, 7) is 0. The van der Waals surface area contributed by atoms with Gasteiger partial charge in [-0.2, -0.15) is 0 Å². The standard InChI is InChI=1S/C27H25N3O3/c1-29(20-31)25(26(32)33)17-24-18-30(19-28-24)27(21-11-5-2-6-12-21,22-13-7-3-8-14-22)23-15-9-4-10-16-23/h2-16,18-20,25H,17H2,1H3,(H,32,33). The number of nitrogens with zero attached hydrogens (tertiary/aromatic N) is 3. The van der Waals surface area contributed by atoms with Crippen LogP contribution in [0, 0.1) is 0 Å². The van der Waals surface area contributed by atoms with Crippen LogP contribution in [0.2, 0.25) is 0 Å². The summed E-state index contributed by atoms with van der Waals surface area (Å²) in [6.07, 6.45) is 4.24. The molecule has 0 radical (unpaired) electrons. The van der Waals surface area contributed by atoms with Crippen LogP contribution >= 0.6 is 0 Å². The predicted molar refractivity (Wildman–Crippen MR) is 126 cm³/mol. The van der Waals surface area contributed by atoms with Crippen molar-refractivity contribution in [2.24, 2.45) is 0 Å². The van der Waals surface area contributed by atoms with Gasteiger partial charge in [-0.15, -0.1) is 0 Å². The van der Waals surface area contributed by atoms with Crippen LogP contribution in [0.15, 0.2) is 104 Å². The third-order valence-corrected chi connectivity index (χ3v) is 5.94. The Labute approximate surface area is 192 Å². The first-order valence-electron chi connectivity index (χ1n) is 10.7. The van der Waals surface area contributed by atoms with E-state index in [1.807, 2.05) is 65.4 Å². The van der Waals surface area contributed by atoms with Gasteiger partial charge in [-0.05, 0) is 16.7 Å². The molecule has 0 saturated carbocycles. The number of aliphatic carboxylic acids is 1. The van der Waals surface area contributed by atoms with E-state index in [0.717, 1.165) is 21.6 Å². The van der Waals surface area contributed by atoms with Crippen molar-refractivity contribution in [3.63, 3.8) is 0 Å².